The van der Waals surface area contributed by atoms with Gasteiger partial charge in [0, 0.05) is 6.54 Å². The highest BCUT2D eigenvalue weighted by Crippen LogP contribution is 2.30. The molecule has 2 N–H and O–H groups in total. The van der Waals surface area contributed by atoms with Gasteiger partial charge >= 0.3 is 0 Å². The highest BCUT2D eigenvalue weighted by atomic mass is 32.2. The highest BCUT2D eigenvalue weighted by Gasteiger charge is 2.20. The molecule has 0 aliphatic carbocycles. The fraction of sp³-hybridized carbons (Fsp3) is 0.350. The average Bonchev–Trinajstić information content (AvgIpc) is 2.69. The number of carbonyl (C=O) groups excluding carboxylic acids is 1. The Bertz CT molecular complexity index is 990. The Morgan fingerprint density at radius 2 is 1.83 bits per heavy atom. The van der Waals surface area contributed by atoms with Crippen LogP contribution >= 0.6 is 0 Å². The van der Waals surface area contributed by atoms with Crippen LogP contribution in [0.3, 0.4) is 0 Å². The van der Waals surface area contributed by atoms with E-state index in [2.05, 4.69) is 10.0 Å². The van der Waals surface area contributed by atoms with Crippen molar-refractivity contribution < 1.29 is 27.4 Å². The van der Waals surface area contributed by atoms with Gasteiger partial charge in [0.25, 0.3) is 5.91 Å². The summed E-state index contributed by atoms with van der Waals surface area (Å²) in [5.41, 5.74) is 1.27. The van der Waals surface area contributed by atoms with Crippen LogP contribution in [0.15, 0.2) is 41.3 Å². The molecule has 0 bridgehead atoms. The number of nitrogens with one attached hydrogen (secondary N) is 2. The van der Waals surface area contributed by atoms with E-state index in [9.17, 15) is 13.2 Å². The number of amides is 1. The molecule has 0 fully saturated rings. The van der Waals surface area contributed by atoms with Crippen LogP contribution in [0.1, 0.15) is 19.4 Å². The molecule has 0 radical (unpaired) electrons. The molecule has 29 heavy (non-hydrogen) atoms. The first-order valence-corrected chi connectivity index (χ1v) is 10.9. The van der Waals surface area contributed by atoms with E-state index >= 15 is 0 Å². The minimum atomic E-state index is -3.73. The van der Waals surface area contributed by atoms with Crippen LogP contribution in [0.2, 0.25) is 0 Å². The number of rotatable bonds is 9. The molecule has 1 aliphatic heterocycles. The number of anilines is 1. The third-order valence-corrected chi connectivity index (χ3v) is 5.67. The Hall–Kier alpha value is -2.78. The van der Waals surface area contributed by atoms with Gasteiger partial charge in [0.05, 0.1) is 23.8 Å². The van der Waals surface area contributed by atoms with Crippen LogP contribution in [0, 0.1) is 0 Å². The molecule has 0 aromatic heterocycles. The van der Waals surface area contributed by atoms with Crippen LogP contribution in [0.4, 0.5) is 5.69 Å². The maximum atomic E-state index is 12.6. The molecule has 1 amide bonds. The van der Waals surface area contributed by atoms with E-state index in [1.807, 2.05) is 32.0 Å². The van der Waals surface area contributed by atoms with Gasteiger partial charge in [-0.05, 0) is 56.2 Å². The Labute approximate surface area is 170 Å². The van der Waals surface area contributed by atoms with Gasteiger partial charge in [0.2, 0.25) is 10.0 Å². The van der Waals surface area contributed by atoms with E-state index < -0.39 is 10.0 Å². The predicted molar refractivity (Wildman–Crippen MR) is 108 cm³/mol. The first-order chi connectivity index (χ1) is 13.9. The maximum Gasteiger partial charge on any atom is 0.262 e. The number of carbonyl (C=O) groups is 1. The first-order valence-electron chi connectivity index (χ1n) is 9.38. The number of hydrogen-bond donors (Lipinski definition) is 2. The molecular weight excluding hydrogens is 396 g/mol. The van der Waals surface area contributed by atoms with Crippen molar-refractivity contribution in [1.29, 1.82) is 0 Å². The predicted octanol–water partition coefficient (Wildman–Crippen LogP) is 2.34. The van der Waals surface area contributed by atoms with Crippen LogP contribution in [0.25, 0.3) is 0 Å². The lowest BCUT2D eigenvalue weighted by Crippen LogP contribution is -2.28. The second-order valence-corrected chi connectivity index (χ2v) is 8.06. The normalized spacial score (nSPS) is 13.2. The Morgan fingerprint density at radius 3 is 2.59 bits per heavy atom. The van der Waals surface area contributed by atoms with E-state index in [4.69, 9.17) is 14.2 Å². The quantitative estimate of drug-likeness (QED) is 0.646. The molecule has 0 spiro atoms. The maximum absolute atomic E-state index is 12.6. The third kappa shape index (κ3) is 5.18. The minimum Gasteiger partial charge on any atom is -0.490 e. The number of hydrogen-bond acceptors (Lipinski definition) is 6. The molecule has 0 saturated carbocycles. The van der Waals surface area contributed by atoms with E-state index in [1.54, 1.807) is 0 Å². The van der Waals surface area contributed by atoms with Gasteiger partial charge in [0.1, 0.15) is 5.75 Å². The van der Waals surface area contributed by atoms with Gasteiger partial charge in [-0.25, -0.2) is 13.1 Å². The fourth-order valence-corrected chi connectivity index (χ4v) is 3.95. The lowest BCUT2D eigenvalue weighted by molar-refractivity contribution is -0.118. The highest BCUT2D eigenvalue weighted by molar-refractivity contribution is 7.89. The van der Waals surface area contributed by atoms with E-state index in [0.29, 0.717) is 42.6 Å². The average molecular weight is 420 g/mol. The Morgan fingerprint density at radius 1 is 1.07 bits per heavy atom. The molecule has 3 rings (SSSR count). The SMILES string of the molecule is CCOc1ccc(CCNS(=O)(=O)c2ccc3c(c2)NC(=O)CO3)cc1OCC. The minimum absolute atomic E-state index is 0.0590. The van der Waals surface area contributed by atoms with Gasteiger partial charge in [-0.15, -0.1) is 0 Å². The zero-order chi connectivity index (χ0) is 20.9. The van der Waals surface area contributed by atoms with Crippen molar-refractivity contribution >= 4 is 21.6 Å². The standard InChI is InChI=1S/C20H24N2O6S/c1-3-26-18-7-5-14(11-19(18)27-4-2)9-10-21-29(24,25)15-6-8-17-16(12-15)22-20(23)13-28-17/h5-8,11-12,21H,3-4,9-10,13H2,1-2H3,(H,22,23). The van der Waals surface area contributed by atoms with E-state index in [-0.39, 0.29) is 24.0 Å². The summed E-state index contributed by atoms with van der Waals surface area (Å²) in [4.78, 5) is 11.5. The molecular formula is C20H24N2O6S. The smallest absolute Gasteiger partial charge is 0.262 e. The van der Waals surface area contributed by atoms with Gasteiger partial charge in [-0.3, -0.25) is 4.79 Å². The fourth-order valence-electron chi connectivity index (χ4n) is 2.89. The van der Waals surface area contributed by atoms with Crippen molar-refractivity contribution in [2.24, 2.45) is 0 Å². The molecule has 0 unspecified atom stereocenters. The molecule has 2 aromatic rings. The second-order valence-electron chi connectivity index (χ2n) is 6.29. The lowest BCUT2D eigenvalue weighted by atomic mass is 10.1. The Balaban J connectivity index is 1.66. The van der Waals surface area contributed by atoms with Crippen LogP contribution < -0.4 is 24.2 Å². The molecule has 8 nitrogen and oxygen atoms in total. The molecule has 1 aliphatic rings. The van der Waals surface area contributed by atoms with Gasteiger partial charge < -0.3 is 19.5 Å². The summed E-state index contributed by atoms with van der Waals surface area (Å²) in [6, 6.07) is 9.93. The van der Waals surface area contributed by atoms with Crippen molar-refractivity contribution in [3.8, 4) is 17.2 Å². The summed E-state index contributed by atoms with van der Waals surface area (Å²) in [7, 11) is -3.73. The van der Waals surface area contributed by atoms with Crippen LogP contribution in [-0.4, -0.2) is 40.7 Å². The monoisotopic (exact) mass is 420 g/mol. The van der Waals surface area contributed by atoms with E-state index in [1.165, 1.54) is 18.2 Å². The topological polar surface area (TPSA) is 103 Å². The van der Waals surface area contributed by atoms with Crippen molar-refractivity contribution in [2.45, 2.75) is 25.2 Å². The molecule has 2 aromatic carbocycles. The Kier molecular flexibility index (Phi) is 6.60. The summed E-state index contributed by atoms with van der Waals surface area (Å²) in [5.74, 6) is 1.43. The molecule has 0 atom stereocenters. The molecule has 156 valence electrons. The zero-order valence-electron chi connectivity index (χ0n) is 16.4. The number of benzene rings is 2. The van der Waals surface area contributed by atoms with Gasteiger partial charge in [-0.2, -0.15) is 0 Å². The van der Waals surface area contributed by atoms with Crippen molar-refractivity contribution in [3.05, 3.63) is 42.0 Å². The summed E-state index contributed by atoms with van der Waals surface area (Å²) >= 11 is 0. The van der Waals surface area contributed by atoms with Crippen LogP contribution in [-0.2, 0) is 21.2 Å². The zero-order valence-corrected chi connectivity index (χ0v) is 17.2. The van der Waals surface area contributed by atoms with E-state index in [0.717, 1.165) is 5.56 Å². The van der Waals surface area contributed by atoms with Crippen molar-refractivity contribution in [2.75, 3.05) is 31.7 Å². The van der Waals surface area contributed by atoms with Crippen molar-refractivity contribution in [3.63, 3.8) is 0 Å². The summed E-state index contributed by atoms with van der Waals surface area (Å²) < 4.78 is 44.1. The number of ether oxygens (including phenoxy) is 3. The molecule has 0 saturated heterocycles. The largest absolute Gasteiger partial charge is 0.490 e. The first kappa shape index (κ1) is 20.9. The second kappa shape index (κ2) is 9.15. The number of fused-ring (bicyclic) bond motifs is 1. The summed E-state index contributed by atoms with van der Waals surface area (Å²) in [6.07, 6.45) is 0.483. The van der Waals surface area contributed by atoms with Crippen molar-refractivity contribution in [1.82, 2.24) is 4.72 Å². The van der Waals surface area contributed by atoms with Gasteiger partial charge in [-0.1, -0.05) is 6.07 Å². The summed E-state index contributed by atoms with van der Waals surface area (Å²) in [6.45, 7) is 4.96. The lowest BCUT2D eigenvalue weighted by Gasteiger charge is -2.18. The van der Waals surface area contributed by atoms with Gasteiger partial charge in [0.15, 0.2) is 18.1 Å². The molecule has 9 heteroatoms. The molecule has 1 heterocycles. The van der Waals surface area contributed by atoms with Crippen LogP contribution in [0.5, 0.6) is 17.2 Å². The summed E-state index contributed by atoms with van der Waals surface area (Å²) in [5, 5.41) is 2.61. The third-order valence-electron chi connectivity index (χ3n) is 4.21. The number of sulfonamides is 1.